The molecule has 1 aliphatic rings. The number of hydrogen-bond acceptors (Lipinski definition) is 7. The van der Waals surface area contributed by atoms with E-state index in [4.69, 9.17) is 9.47 Å². The highest BCUT2D eigenvalue weighted by Crippen LogP contribution is 2.37. The summed E-state index contributed by atoms with van der Waals surface area (Å²) in [5.74, 6) is -2.87. The molecule has 184 valence electrons. The zero-order valence-electron chi connectivity index (χ0n) is 20.1. The molecule has 0 bridgehead atoms. The Morgan fingerprint density at radius 3 is 2.39 bits per heavy atom. The van der Waals surface area contributed by atoms with Crippen molar-refractivity contribution in [1.29, 1.82) is 0 Å². The van der Waals surface area contributed by atoms with Gasteiger partial charge in [0.2, 0.25) is 0 Å². The molecule has 2 rings (SSSR count). The van der Waals surface area contributed by atoms with E-state index in [0.717, 1.165) is 45.2 Å². The number of nitrogens with one attached hydrogen (secondary N) is 1. The van der Waals surface area contributed by atoms with Gasteiger partial charge in [-0.3, -0.25) is 14.4 Å². The number of carboxylic acids is 1. The highest BCUT2D eigenvalue weighted by molar-refractivity contribution is 5.94. The molecule has 1 aliphatic heterocycles. The Bertz CT molecular complexity index is 809. The molecule has 1 saturated heterocycles. The molecule has 0 radical (unpaired) electrons. The predicted octanol–water partition coefficient (Wildman–Crippen LogP) is 3.36. The van der Waals surface area contributed by atoms with Crippen molar-refractivity contribution in [2.24, 2.45) is 11.3 Å². The van der Waals surface area contributed by atoms with Crippen LogP contribution >= 0.6 is 0 Å². The van der Waals surface area contributed by atoms with Gasteiger partial charge in [0.15, 0.2) is 5.92 Å². The maximum Gasteiger partial charge on any atom is 0.320 e. The number of benzene rings is 1. The molecular weight excluding hydrogens is 426 g/mol. The minimum atomic E-state index is -1.28. The van der Waals surface area contributed by atoms with E-state index >= 15 is 0 Å². The Morgan fingerprint density at radius 2 is 1.79 bits per heavy atom. The first-order valence-electron chi connectivity index (χ1n) is 11.5. The van der Waals surface area contributed by atoms with Crippen molar-refractivity contribution in [3.8, 4) is 5.75 Å². The van der Waals surface area contributed by atoms with E-state index in [2.05, 4.69) is 10.1 Å². The van der Waals surface area contributed by atoms with Crippen LogP contribution in [-0.4, -0.2) is 55.4 Å². The Kier molecular flexibility index (Phi) is 9.70. The molecule has 8 nitrogen and oxygen atoms in total. The lowest BCUT2D eigenvalue weighted by Crippen LogP contribution is -2.45. The van der Waals surface area contributed by atoms with E-state index in [1.165, 1.54) is 7.11 Å². The number of aliphatic carboxylic acids is 1. The second-order valence-corrected chi connectivity index (χ2v) is 9.56. The molecule has 0 aliphatic carbocycles. The third-order valence-corrected chi connectivity index (χ3v) is 5.88. The van der Waals surface area contributed by atoms with E-state index < -0.39 is 28.9 Å². The van der Waals surface area contributed by atoms with Crippen LogP contribution in [0.3, 0.4) is 0 Å². The number of ether oxygens (including phenoxy) is 3. The van der Waals surface area contributed by atoms with Crippen molar-refractivity contribution in [1.82, 2.24) is 5.32 Å². The fourth-order valence-corrected chi connectivity index (χ4v) is 4.04. The van der Waals surface area contributed by atoms with Gasteiger partial charge in [0.25, 0.3) is 0 Å². The highest BCUT2D eigenvalue weighted by Gasteiger charge is 2.41. The number of para-hydroxylation sites is 1. The SMILES string of the molecule is COC(=O)C(Cc1ccccc1OCCCCC1(C(=O)OC(C)(C)C)CCNCC1)C(=O)O. The second-order valence-electron chi connectivity index (χ2n) is 9.56. The Labute approximate surface area is 196 Å². The van der Waals surface area contributed by atoms with Gasteiger partial charge in [-0.05, 0) is 84.0 Å². The van der Waals surface area contributed by atoms with Crippen molar-refractivity contribution in [3.63, 3.8) is 0 Å². The second kappa shape index (κ2) is 12.0. The first-order valence-corrected chi connectivity index (χ1v) is 11.5. The normalized spacial score (nSPS) is 16.5. The Morgan fingerprint density at radius 1 is 1.12 bits per heavy atom. The highest BCUT2D eigenvalue weighted by atomic mass is 16.6. The van der Waals surface area contributed by atoms with E-state index in [-0.39, 0.29) is 12.4 Å². The number of carboxylic acid groups (broad SMARTS) is 1. The van der Waals surface area contributed by atoms with E-state index in [9.17, 15) is 19.5 Å². The van der Waals surface area contributed by atoms with Gasteiger partial charge in [-0.25, -0.2) is 0 Å². The summed E-state index contributed by atoms with van der Waals surface area (Å²) in [4.78, 5) is 36.2. The summed E-state index contributed by atoms with van der Waals surface area (Å²) in [6.45, 7) is 7.69. The first kappa shape index (κ1) is 26.6. The smallest absolute Gasteiger partial charge is 0.320 e. The lowest BCUT2D eigenvalue weighted by Gasteiger charge is -2.37. The Balaban J connectivity index is 1.93. The quantitative estimate of drug-likeness (QED) is 0.292. The molecule has 1 aromatic carbocycles. The van der Waals surface area contributed by atoms with Crippen LogP contribution in [0.4, 0.5) is 0 Å². The van der Waals surface area contributed by atoms with Gasteiger partial charge in [-0.1, -0.05) is 18.2 Å². The molecule has 1 heterocycles. The van der Waals surface area contributed by atoms with Gasteiger partial charge < -0.3 is 24.6 Å². The van der Waals surface area contributed by atoms with Crippen LogP contribution in [0.25, 0.3) is 0 Å². The van der Waals surface area contributed by atoms with Gasteiger partial charge in [-0.2, -0.15) is 0 Å². The predicted molar refractivity (Wildman–Crippen MR) is 123 cm³/mol. The Hall–Kier alpha value is -2.61. The lowest BCUT2D eigenvalue weighted by molar-refractivity contribution is -0.170. The number of hydrogen-bond donors (Lipinski definition) is 2. The van der Waals surface area contributed by atoms with E-state index in [1.54, 1.807) is 24.3 Å². The molecule has 33 heavy (non-hydrogen) atoms. The summed E-state index contributed by atoms with van der Waals surface area (Å²) >= 11 is 0. The molecule has 0 spiro atoms. The summed E-state index contributed by atoms with van der Waals surface area (Å²) in [6.07, 6.45) is 3.80. The molecule has 1 aromatic rings. The molecule has 1 atom stereocenters. The maximum atomic E-state index is 12.9. The summed E-state index contributed by atoms with van der Waals surface area (Å²) in [5.41, 5.74) is -0.343. The summed E-state index contributed by atoms with van der Waals surface area (Å²) in [6, 6.07) is 7.10. The molecule has 8 heteroatoms. The van der Waals surface area contributed by atoms with Crippen molar-refractivity contribution in [2.45, 2.75) is 64.9 Å². The van der Waals surface area contributed by atoms with Gasteiger partial charge in [0.1, 0.15) is 11.4 Å². The van der Waals surface area contributed by atoms with Crippen LogP contribution in [0.2, 0.25) is 0 Å². The van der Waals surface area contributed by atoms with Crippen LogP contribution < -0.4 is 10.1 Å². The summed E-state index contributed by atoms with van der Waals surface area (Å²) < 4.78 is 16.3. The fourth-order valence-electron chi connectivity index (χ4n) is 4.04. The largest absolute Gasteiger partial charge is 0.493 e. The van der Waals surface area contributed by atoms with Crippen LogP contribution in [0.1, 0.15) is 58.4 Å². The molecule has 1 unspecified atom stereocenters. The lowest BCUT2D eigenvalue weighted by atomic mass is 9.75. The van der Waals surface area contributed by atoms with E-state index in [1.807, 2.05) is 20.8 Å². The van der Waals surface area contributed by atoms with Gasteiger partial charge in [-0.15, -0.1) is 0 Å². The first-order chi connectivity index (χ1) is 15.6. The molecule has 0 aromatic heterocycles. The standard InChI is InChI=1S/C25H37NO7/c1-24(2,3)33-23(30)25(12-14-26-15-13-25)11-7-8-16-32-20-10-6-5-9-18(20)17-19(21(27)28)22(29)31-4/h5-6,9-10,19,26H,7-8,11-17H2,1-4H3,(H,27,28). The zero-order chi connectivity index (χ0) is 24.5. The number of carbonyl (C=O) groups excluding carboxylic acids is 2. The van der Waals surface area contributed by atoms with Crippen LogP contribution in [0.5, 0.6) is 5.75 Å². The minimum Gasteiger partial charge on any atom is -0.493 e. The van der Waals surface area contributed by atoms with Gasteiger partial charge in [0.05, 0.1) is 19.1 Å². The molecule has 0 amide bonds. The maximum absolute atomic E-state index is 12.9. The minimum absolute atomic E-state index is 0.00701. The molecule has 0 saturated carbocycles. The summed E-state index contributed by atoms with van der Waals surface area (Å²) in [5, 5.41) is 12.7. The molecule has 1 fully saturated rings. The van der Waals surface area contributed by atoms with Crippen molar-refractivity contribution < 1.29 is 33.7 Å². The number of methoxy groups -OCH3 is 1. The number of carbonyl (C=O) groups is 3. The van der Waals surface area contributed by atoms with Crippen molar-refractivity contribution in [2.75, 3.05) is 26.8 Å². The average molecular weight is 464 g/mol. The van der Waals surface area contributed by atoms with E-state index in [0.29, 0.717) is 17.9 Å². The third kappa shape index (κ3) is 8.03. The number of unbranched alkanes of at least 4 members (excludes halogenated alkanes) is 1. The van der Waals surface area contributed by atoms with Gasteiger partial charge >= 0.3 is 17.9 Å². The topological polar surface area (TPSA) is 111 Å². The van der Waals surface area contributed by atoms with Crippen LogP contribution in [0.15, 0.2) is 24.3 Å². The zero-order valence-corrected chi connectivity index (χ0v) is 20.1. The van der Waals surface area contributed by atoms with Gasteiger partial charge in [0, 0.05) is 0 Å². The average Bonchev–Trinajstić information content (AvgIpc) is 2.76. The number of esters is 2. The van der Waals surface area contributed by atoms with Crippen molar-refractivity contribution in [3.05, 3.63) is 29.8 Å². The number of rotatable bonds is 11. The third-order valence-electron chi connectivity index (χ3n) is 5.88. The fraction of sp³-hybridized carbons (Fsp3) is 0.640. The van der Waals surface area contributed by atoms with Crippen LogP contribution in [0, 0.1) is 11.3 Å². The summed E-state index contributed by atoms with van der Waals surface area (Å²) in [7, 11) is 1.17. The van der Waals surface area contributed by atoms with Crippen LogP contribution in [-0.2, 0) is 30.3 Å². The number of piperidine rings is 1. The molecular formula is C25H37NO7. The van der Waals surface area contributed by atoms with Crippen molar-refractivity contribution >= 4 is 17.9 Å². The molecule has 2 N–H and O–H groups in total. The monoisotopic (exact) mass is 463 g/mol.